The maximum atomic E-state index is 12.6. The lowest BCUT2D eigenvalue weighted by Crippen LogP contribution is -2.34. The van der Waals surface area contributed by atoms with Gasteiger partial charge in [0.1, 0.15) is 5.75 Å². The fourth-order valence-electron chi connectivity index (χ4n) is 3.74. The molecule has 1 fully saturated rings. The quantitative estimate of drug-likeness (QED) is 0.742. The molecule has 5 nitrogen and oxygen atoms in total. The van der Waals surface area contributed by atoms with Crippen LogP contribution in [0.1, 0.15) is 38.2 Å². The van der Waals surface area contributed by atoms with E-state index >= 15 is 0 Å². The van der Waals surface area contributed by atoms with Crippen molar-refractivity contribution in [3.63, 3.8) is 0 Å². The topological polar surface area (TPSA) is 50.8 Å². The van der Waals surface area contributed by atoms with Crippen LogP contribution in [0.3, 0.4) is 0 Å². The molecule has 152 valence electrons. The van der Waals surface area contributed by atoms with Gasteiger partial charge in [-0.3, -0.25) is 4.79 Å². The summed E-state index contributed by atoms with van der Waals surface area (Å²) in [5.74, 6) is 0.759. The largest absolute Gasteiger partial charge is 0.497 e. The molecule has 0 aromatic heterocycles. The van der Waals surface area contributed by atoms with Crippen LogP contribution in [0.2, 0.25) is 0 Å². The summed E-state index contributed by atoms with van der Waals surface area (Å²) in [6.07, 6.45) is 2.34. The van der Waals surface area contributed by atoms with Gasteiger partial charge in [-0.15, -0.1) is 0 Å². The molecule has 0 bridgehead atoms. The summed E-state index contributed by atoms with van der Waals surface area (Å²) in [7, 11) is 1.67. The monoisotopic (exact) mass is 384 g/mol. The molecular formula is C23H32N2O3. The van der Waals surface area contributed by atoms with Crippen LogP contribution in [0.15, 0.2) is 36.4 Å². The summed E-state index contributed by atoms with van der Waals surface area (Å²) in [5, 5.41) is 5.33. The van der Waals surface area contributed by atoms with Gasteiger partial charge in [0.05, 0.1) is 19.1 Å². The summed E-state index contributed by atoms with van der Waals surface area (Å²) in [6.45, 7) is 8.71. The molecule has 0 spiro atoms. The zero-order chi connectivity index (χ0) is 19.9. The number of ether oxygens (including phenoxy) is 2. The average Bonchev–Trinajstić information content (AvgIpc) is 2.93. The Balaban J connectivity index is 1.49. The molecular weight excluding hydrogens is 352 g/mol. The van der Waals surface area contributed by atoms with E-state index in [-0.39, 0.29) is 11.8 Å². The van der Waals surface area contributed by atoms with E-state index < -0.39 is 0 Å². The second-order valence-corrected chi connectivity index (χ2v) is 7.67. The van der Waals surface area contributed by atoms with Gasteiger partial charge in [0.25, 0.3) is 0 Å². The first kappa shape index (κ1) is 20.6. The van der Waals surface area contributed by atoms with Gasteiger partial charge in [-0.1, -0.05) is 24.3 Å². The Bertz CT molecular complexity index is 793. The maximum absolute atomic E-state index is 12.6. The number of rotatable bonds is 7. The fourth-order valence-corrected chi connectivity index (χ4v) is 3.74. The molecule has 2 aromatic carbocycles. The maximum Gasteiger partial charge on any atom is 0.227 e. The molecule has 0 saturated carbocycles. The lowest BCUT2D eigenvalue weighted by Gasteiger charge is -2.21. The number of nitrogens with zero attached hydrogens (tertiary/aromatic N) is 1. The molecule has 2 aromatic rings. The lowest BCUT2D eigenvalue weighted by atomic mass is 9.97. The minimum Gasteiger partial charge on any atom is -0.497 e. The number of carbonyl (C=O) groups excluding carboxylic acids is 1. The van der Waals surface area contributed by atoms with Crippen molar-refractivity contribution in [3.05, 3.63) is 42.0 Å². The zero-order valence-electron chi connectivity index (χ0n) is 17.2. The minimum absolute atomic E-state index is 0.0837. The third-order valence-electron chi connectivity index (χ3n) is 5.45. The number of hydrogen-bond donors (Lipinski definition) is 1. The highest BCUT2D eigenvalue weighted by atomic mass is 16.5. The van der Waals surface area contributed by atoms with Crippen molar-refractivity contribution in [1.82, 2.24) is 10.2 Å². The van der Waals surface area contributed by atoms with Crippen LogP contribution in [-0.4, -0.2) is 56.8 Å². The first-order valence-electron chi connectivity index (χ1n) is 10.3. The highest BCUT2D eigenvalue weighted by molar-refractivity contribution is 5.88. The molecule has 28 heavy (non-hydrogen) atoms. The van der Waals surface area contributed by atoms with E-state index in [1.54, 1.807) is 7.11 Å². The van der Waals surface area contributed by atoms with Crippen molar-refractivity contribution in [2.45, 2.75) is 38.7 Å². The molecule has 1 saturated heterocycles. The first-order valence-corrected chi connectivity index (χ1v) is 10.3. The number of amides is 1. The van der Waals surface area contributed by atoms with Crippen molar-refractivity contribution in [3.8, 4) is 5.75 Å². The van der Waals surface area contributed by atoms with Gasteiger partial charge in [0.2, 0.25) is 5.91 Å². The Morgan fingerprint density at radius 2 is 2.07 bits per heavy atom. The number of hydrogen-bond acceptors (Lipinski definition) is 4. The van der Waals surface area contributed by atoms with E-state index in [0.29, 0.717) is 12.6 Å². The number of methoxy groups -OCH3 is 1. The summed E-state index contributed by atoms with van der Waals surface area (Å²) >= 11 is 0. The van der Waals surface area contributed by atoms with Crippen molar-refractivity contribution < 1.29 is 14.3 Å². The Labute approximate surface area is 168 Å². The van der Waals surface area contributed by atoms with Gasteiger partial charge in [0.15, 0.2) is 0 Å². The van der Waals surface area contributed by atoms with Gasteiger partial charge >= 0.3 is 0 Å². The highest BCUT2D eigenvalue weighted by Crippen LogP contribution is 2.25. The van der Waals surface area contributed by atoms with Gasteiger partial charge < -0.3 is 19.7 Å². The van der Waals surface area contributed by atoms with Crippen molar-refractivity contribution >= 4 is 16.7 Å². The molecule has 0 aliphatic carbocycles. The number of benzene rings is 2. The van der Waals surface area contributed by atoms with E-state index in [1.165, 1.54) is 0 Å². The SMILES string of the molecule is COc1ccc2cc([C@H](C)C(=O)NCCCN3CCCOC(C)C3)ccc2c1. The van der Waals surface area contributed by atoms with E-state index in [2.05, 4.69) is 29.3 Å². The van der Waals surface area contributed by atoms with Gasteiger partial charge in [-0.2, -0.15) is 0 Å². The number of nitrogens with one attached hydrogen (secondary N) is 1. The molecule has 1 aliphatic heterocycles. The minimum atomic E-state index is -0.168. The molecule has 0 radical (unpaired) electrons. The molecule has 1 amide bonds. The van der Waals surface area contributed by atoms with Crippen LogP contribution in [0.25, 0.3) is 10.8 Å². The van der Waals surface area contributed by atoms with Crippen LogP contribution in [-0.2, 0) is 9.53 Å². The smallest absolute Gasteiger partial charge is 0.227 e. The predicted molar refractivity (Wildman–Crippen MR) is 113 cm³/mol. The molecule has 2 atom stereocenters. The molecule has 1 N–H and O–H groups in total. The Kier molecular flexibility index (Phi) is 7.29. The third kappa shape index (κ3) is 5.46. The van der Waals surface area contributed by atoms with Crippen LogP contribution in [0, 0.1) is 0 Å². The van der Waals surface area contributed by atoms with Crippen molar-refractivity contribution in [1.29, 1.82) is 0 Å². The second-order valence-electron chi connectivity index (χ2n) is 7.67. The second kappa shape index (κ2) is 9.89. The normalized spacial score (nSPS) is 19.2. The van der Waals surface area contributed by atoms with Crippen LogP contribution >= 0.6 is 0 Å². The third-order valence-corrected chi connectivity index (χ3v) is 5.45. The standard InChI is InChI=1S/C23H32N2O3/c1-17-16-25(12-5-13-28-17)11-4-10-24-23(26)18(2)19-6-7-21-15-22(27-3)9-8-20(21)14-19/h6-9,14-15,17-18H,4-5,10-13,16H2,1-3H3,(H,24,26)/t17?,18-/m0/s1. The van der Waals surface area contributed by atoms with Crippen molar-refractivity contribution in [2.75, 3.05) is 39.9 Å². The van der Waals surface area contributed by atoms with Gasteiger partial charge in [-0.25, -0.2) is 0 Å². The summed E-state index contributed by atoms with van der Waals surface area (Å²) in [5.41, 5.74) is 1.04. The Morgan fingerprint density at radius 1 is 1.29 bits per heavy atom. The summed E-state index contributed by atoms with van der Waals surface area (Å²) in [6, 6.07) is 12.2. The molecule has 1 aliphatic rings. The number of fused-ring (bicyclic) bond motifs is 1. The predicted octanol–water partition coefficient (Wildman–Crippen LogP) is 3.57. The van der Waals surface area contributed by atoms with E-state index in [1.807, 2.05) is 31.2 Å². The first-order chi connectivity index (χ1) is 13.6. The van der Waals surface area contributed by atoms with E-state index in [9.17, 15) is 4.79 Å². The lowest BCUT2D eigenvalue weighted by molar-refractivity contribution is -0.122. The fraction of sp³-hybridized carbons (Fsp3) is 0.522. The zero-order valence-corrected chi connectivity index (χ0v) is 17.2. The van der Waals surface area contributed by atoms with Crippen LogP contribution in [0.4, 0.5) is 0 Å². The Morgan fingerprint density at radius 3 is 2.89 bits per heavy atom. The van der Waals surface area contributed by atoms with E-state index in [4.69, 9.17) is 9.47 Å². The Hall–Kier alpha value is -2.11. The van der Waals surface area contributed by atoms with Gasteiger partial charge in [0, 0.05) is 26.2 Å². The van der Waals surface area contributed by atoms with E-state index in [0.717, 1.165) is 61.2 Å². The highest BCUT2D eigenvalue weighted by Gasteiger charge is 2.17. The molecule has 1 unspecified atom stereocenters. The number of carbonyl (C=O) groups is 1. The summed E-state index contributed by atoms with van der Waals surface area (Å²) < 4.78 is 11.0. The summed E-state index contributed by atoms with van der Waals surface area (Å²) in [4.78, 5) is 15.0. The molecule has 3 rings (SSSR count). The van der Waals surface area contributed by atoms with Crippen LogP contribution in [0.5, 0.6) is 5.75 Å². The average molecular weight is 385 g/mol. The van der Waals surface area contributed by atoms with Gasteiger partial charge in [-0.05, 0) is 61.7 Å². The van der Waals surface area contributed by atoms with Crippen molar-refractivity contribution in [2.24, 2.45) is 0 Å². The van der Waals surface area contributed by atoms with Crippen LogP contribution < -0.4 is 10.1 Å². The molecule has 1 heterocycles. The molecule has 5 heteroatoms.